The van der Waals surface area contributed by atoms with Crippen molar-refractivity contribution >= 4 is 23.8 Å². The van der Waals surface area contributed by atoms with E-state index in [0.29, 0.717) is 0 Å². The molecule has 0 aliphatic rings. The lowest BCUT2D eigenvalue weighted by atomic mass is 10.0. The topological polar surface area (TPSA) is 131 Å². The predicted molar refractivity (Wildman–Crippen MR) is 146 cm³/mol. The number of nitrogens with one attached hydrogen (secondary N) is 2. The molecule has 3 atom stereocenters. The molecule has 0 radical (unpaired) electrons. The van der Waals surface area contributed by atoms with Gasteiger partial charge in [-0.05, 0) is 23.0 Å². The van der Waals surface area contributed by atoms with Gasteiger partial charge in [0.2, 0.25) is 11.8 Å². The van der Waals surface area contributed by atoms with Crippen LogP contribution in [0.25, 0.3) is 0 Å². The van der Waals surface area contributed by atoms with Gasteiger partial charge < -0.3 is 25.2 Å². The van der Waals surface area contributed by atoms with E-state index < -0.39 is 48.4 Å². The van der Waals surface area contributed by atoms with Crippen LogP contribution in [0.15, 0.2) is 60.7 Å². The van der Waals surface area contributed by atoms with E-state index in [1.165, 1.54) is 0 Å². The second-order valence-corrected chi connectivity index (χ2v) is 10.3. The van der Waals surface area contributed by atoms with Crippen LogP contribution in [0.4, 0.5) is 0 Å². The fourth-order valence-electron chi connectivity index (χ4n) is 3.57. The molecule has 0 heterocycles. The largest absolute Gasteiger partial charge is 0.464 e. The second kappa shape index (κ2) is 16.3. The van der Waals surface area contributed by atoms with Crippen LogP contribution in [0, 0.1) is 11.8 Å². The number of carbonyl (C=O) groups excluding carboxylic acids is 4. The average molecular weight is 541 g/mol. The molecule has 9 heteroatoms. The number of benzene rings is 2. The van der Waals surface area contributed by atoms with Crippen LogP contribution in [-0.2, 0) is 41.5 Å². The summed E-state index contributed by atoms with van der Waals surface area (Å²) >= 11 is 0. The Labute approximate surface area is 230 Å². The molecule has 2 amide bonds. The maximum absolute atomic E-state index is 12.8. The zero-order chi connectivity index (χ0) is 28.8. The summed E-state index contributed by atoms with van der Waals surface area (Å²) in [5, 5.41) is 15.6. The molecule has 9 nitrogen and oxygen atoms in total. The van der Waals surface area contributed by atoms with Crippen LogP contribution in [0.3, 0.4) is 0 Å². The maximum atomic E-state index is 12.8. The van der Waals surface area contributed by atoms with Gasteiger partial charge in [0.1, 0.15) is 18.2 Å². The van der Waals surface area contributed by atoms with Gasteiger partial charge in [-0.25, -0.2) is 9.59 Å². The van der Waals surface area contributed by atoms with Gasteiger partial charge >= 0.3 is 11.9 Å². The van der Waals surface area contributed by atoms with Crippen molar-refractivity contribution < 1.29 is 33.8 Å². The summed E-state index contributed by atoms with van der Waals surface area (Å²) < 4.78 is 10.6. The van der Waals surface area contributed by atoms with Gasteiger partial charge in [-0.15, -0.1) is 0 Å². The summed E-state index contributed by atoms with van der Waals surface area (Å²) in [5.41, 5.74) is 1.60. The van der Waals surface area contributed by atoms with Crippen molar-refractivity contribution in [3.63, 3.8) is 0 Å². The SMILES string of the molecule is CC(C)COC(=O)[C@H](Cc1ccccc1)NC(=O)C[C@H](O)C(=O)N[C@@H](Cc1ccccc1)C(=O)OCC(C)C. The Kier molecular flexibility index (Phi) is 13.2. The summed E-state index contributed by atoms with van der Waals surface area (Å²) in [5.74, 6) is -2.61. The number of hydrogen-bond donors (Lipinski definition) is 3. The smallest absolute Gasteiger partial charge is 0.328 e. The van der Waals surface area contributed by atoms with Crippen LogP contribution in [-0.4, -0.2) is 60.3 Å². The van der Waals surface area contributed by atoms with Crippen molar-refractivity contribution in [3.05, 3.63) is 71.8 Å². The fourth-order valence-corrected chi connectivity index (χ4v) is 3.57. The molecule has 3 N–H and O–H groups in total. The summed E-state index contributed by atoms with van der Waals surface area (Å²) in [6.45, 7) is 7.96. The monoisotopic (exact) mass is 540 g/mol. The van der Waals surface area contributed by atoms with Crippen molar-refractivity contribution in [2.45, 2.75) is 65.1 Å². The molecular formula is C30H40N2O7. The Balaban J connectivity index is 2.03. The first-order valence-electron chi connectivity index (χ1n) is 13.2. The molecule has 0 aliphatic heterocycles. The number of esters is 2. The molecule has 0 unspecified atom stereocenters. The highest BCUT2D eigenvalue weighted by molar-refractivity contribution is 5.91. The maximum Gasteiger partial charge on any atom is 0.328 e. The highest BCUT2D eigenvalue weighted by Gasteiger charge is 2.29. The molecule has 2 aromatic rings. The number of hydrogen-bond acceptors (Lipinski definition) is 7. The number of ether oxygens (including phenoxy) is 2. The average Bonchev–Trinajstić information content (AvgIpc) is 2.90. The molecule has 0 aromatic heterocycles. The Morgan fingerprint density at radius 2 is 1.10 bits per heavy atom. The lowest BCUT2D eigenvalue weighted by molar-refractivity contribution is -0.151. The summed E-state index contributed by atoms with van der Waals surface area (Å²) in [6.07, 6.45) is -2.01. The third-order valence-electron chi connectivity index (χ3n) is 5.59. The fraction of sp³-hybridized carbons (Fsp3) is 0.467. The van der Waals surface area contributed by atoms with Crippen molar-refractivity contribution in [1.29, 1.82) is 0 Å². The highest BCUT2D eigenvalue weighted by Crippen LogP contribution is 2.09. The minimum absolute atomic E-state index is 0.104. The van der Waals surface area contributed by atoms with E-state index in [-0.39, 0.29) is 37.9 Å². The molecule has 0 saturated heterocycles. The van der Waals surface area contributed by atoms with E-state index in [0.717, 1.165) is 11.1 Å². The molecule has 2 aromatic carbocycles. The minimum atomic E-state index is -1.75. The Bertz CT molecular complexity index is 1060. The van der Waals surface area contributed by atoms with Crippen LogP contribution < -0.4 is 10.6 Å². The quantitative estimate of drug-likeness (QED) is 0.296. The first-order chi connectivity index (χ1) is 18.5. The molecule has 0 aliphatic carbocycles. The van der Waals surface area contributed by atoms with E-state index in [1.807, 2.05) is 88.4 Å². The number of aliphatic hydroxyl groups is 1. The molecule has 212 valence electrons. The minimum Gasteiger partial charge on any atom is -0.464 e. The van der Waals surface area contributed by atoms with Gasteiger partial charge in [-0.1, -0.05) is 88.4 Å². The molecule has 39 heavy (non-hydrogen) atoms. The van der Waals surface area contributed by atoms with Crippen LogP contribution in [0.1, 0.15) is 45.2 Å². The van der Waals surface area contributed by atoms with Gasteiger partial charge in [0.25, 0.3) is 0 Å². The van der Waals surface area contributed by atoms with Gasteiger partial charge in [0, 0.05) is 12.8 Å². The normalized spacial score (nSPS) is 13.3. The standard InChI is InChI=1S/C30H40N2O7/c1-20(2)18-38-29(36)24(15-22-11-7-5-8-12-22)31-27(34)17-26(33)28(35)32-25(30(37)39-19-21(3)4)16-23-13-9-6-10-14-23/h5-14,20-21,24-26,33H,15-19H2,1-4H3,(H,31,34)(H,32,35)/t24-,25-,26-/m0/s1. The van der Waals surface area contributed by atoms with E-state index in [4.69, 9.17) is 9.47 Å². The van der Waals surface area contributed by atoms with E-state index in [9.17, 15) is 24.3 Å². The molecule has 0 spiro atoms. The number of amides is 2. The van der Waals surface area contributed by atoms with Crippen molar-refractivity contribution in [2.75, 3.05) is 13.2 Å². The van der Waals surface area contributed by atoms with E-state index >= 15 is 0 Å². The van der Waals surface area contributed by atoms with Gasteiger partial charge in [0.05, 0.1) is 19.6 Å². The van der Waals surface area contributed by atoms with Crippen molar-refractivity contribution in [1.82, 2.24) is 10.6 Å². The predicted octanol–water partition coefficient (Wildman–Crippen LogP) is 2.59. The van der Waals surface area contributed by atoms with Gasteiger partial charge in [-0.2, -0.15) is 0 Å². The highest BCUT2D eigenvalue weighted by atomic mass is 16.5. The lowest BCUT2D eigenvalue weighted by Crippen LogP contribution is -2.49. The van der Waals surface area contributed by atoms with Crippen molar-refractivity contribution in [2.24, 2.45) is 11.8 Å². The Morgan fingerprint density at radius 1 is 0.692 bits per heavy atom. The Hall–Kier alpha value is -3.72. The molecule has 0 bridgehead atoms. The molecule has 2 rings (SSSR count). The zero-order valence-electron chi connectivity index (χ0n) is 23.1. The van der Waals surface area contributed by atoms with E-state index in [2.05, 4.69) is 10.6 Å². The van der Waals surface area contributed by atoms with Crippen LogP contribution in [0.5, 0.6) is 0 Å². The number of carbonyl (C=O) groups is 4. The third-order valence-corrected chi connectivity index (χ3v) is 5.59. The second-order valence-electron chi connectivity index (χ2n) is 10.3. The van der Waals surface area contributed by atoms with Gasteiger partial charge in [0.15, 0.2) is 0 Å². The van der Waals surface area contributed by atoms with E-state index in [1.54, 1.807) is 0 Å². The molecule has 0 saturated carbocycles. The first-order valence-corrected chi connectivity index (χ1v) is 13.2. The first kappa shape index (κ1) is 31.5. The number of aliphatic hydroxyl groups excluding tert-OH is 1. The zero-order valence-corrected chi connectivity index (χ0v) is 23.1. The summed E-state index contributed by atoms with van der Waals surface area (Å²) in [6, 6.07) is 16.2. The Morgan fingerprint density at radius 3 is 1.51 bits per heavy atom. The summed E-state index contributed by atoms with van der Waals surface area (Å²) in [4.78, 5) is 50.9. The molecule has 0 fully saturated rings. The summed E-state index contributed by atoms with van der Waals surface area (Å²) in [7, 11) is 0. The van der Waals surface area contributed by atoms with Crippen molar-refractivity contribution in [3.8, 4) is 0 Å². The lowest BCUT2D eigenvalue weighted by Gasteiger charge is -2.21. The van der Waals surface area contributed by atoms with Crippen LogP contribution in [0.2, 0.25) is 0 Å². The third kappa shape index (κ3) is 12.1. The number of rotatable bonds is 15. The van der Waals surface area contributed by atoms with Gasteiger partial charge in [-0.3, -0.25) is 9.59 Å². The van der Waals surface area contributed by atoms with Crippen LogP contribution >= 0.6 is 0 Å². The molecular weight excluding hydrogens is 500 g/mol.